The van der Waals surface area contributed by atoms with E-state index < -0.39 is 0 Å². The predicted molar refractivity (Wildman–Crippen MR) is 103 cm³/mol. The van der Waals surface area contributed by atoms with E-state index in [1.807, 2.05) is 41.9 Å². The monoisotopic (exact) mass is 371 g/mol. The summed E-state index contributed by atoms with van der Waals surface area (Å²) in [6.07, 6.45) is 3.63. The summed E-state index contributed by atoms with van der Waals surface area (Å²) in [6, 6.07) is 10.2. The van der Waals surface area contributed by atoms with Crippen LogP contribution in [0.3, 0.4) is 0 Å². The van der Waals surface area contributed by atoms with Crippen molar-refractivity contribution in [3.63, 3.8) is 0 Å². The van der Waals surface area contributed by atoms with E-state index in [0.717, 1.165) is 53.9 Å². The van der Waals surface area contributed by atoms with Crippen LogP contribution in [0.1, 0.15) is 17.3 Å². The van der Waals surface area contributed by atoms with Crippen LogP contribution >= 0.6 is 11.6 Å². The van der Waals surface area contributed by atoms with Crippen molar-refractivity contribution >= 4 is 22.9 Å². The zero-order valence-electron chi connectivity index (χ0n) is 14.7. The molecule has 1 fully saturated rings. The largest absolute Gasteiger partial charge is 0.379 e. The summed E-state index contributed by atoms with van der Waals surface area (Å²) in [4.78, 5) is 6.92. The topological polar surface area (TPSA) is 54.7 Å². The number of rotatable bonds is 5. The normalized spacial score (nSPS) is 16.7. The second-order valence-electron chi connectivity index (χ2n) is 6.46. The third kappa shape index (κ3) is 3.53. The number of aryl methyl sites for hydroxylation is 1. The molecule has 136 valence electrons. The Balaban J connectivity index is 1.61. The first-order valence-corrected chi connectivity index (χ1v) is 9.21. The fourth-order valence-electron chi connectivity index (χ4n) is 3.44. The summed E-state index contributed by atoms with van der Waals surface area (Å²) in [5, 5.41) is 8.75. The molecule has 0 saturated carbocycles. The van der Waals surface area contributed by atoms with Crippen LogP contribution in [0.5, 0.6) is 0 Å². The Morgan fingerprint density at radius 1 is 1.27 bits per heavy atom. The third-order valence-electron chi connectivity index (χ3n) is 4.73. The number of nitrogens with zero attached hydrogens (tertiary/aromatic N) is 4. The van der Waals surface area contributed by atoms with Crippen molar-refractivity contribution in [2.24, 2.45) is 0 Å². The van der Waals surface area contributed by atoms with E-state index in [1.165, 1.54) is 0 Å². The average molecular weight is 372 g/mol. The summed E-state index contributed by atoms with van der Waals surface area (Å²) in [5.74, 6) is 0.832. The second-order valence-corrected chi connectivity index (χ2v) is 6.87. The Bertz CT molecular complexity index is 891. The highest BCUT2D eigenvalue weighted by molar-refractivity contribution is 6.31. The molecule has 1 aromatic carbocycles. The van der Waals surface area contributed by atoms with Crippen molar-refractivity contribution in [2.45, 2.75) is 13.0 Å². The molecule has 0 radical (unpaired) electrons. The minimum atomic E-state index is 0.152. The summed E-state index contributed by atoms with van der Waals surface area (Å²) >= 11 is 6.50. The summed E-state index contributed by atoms with van der Waals surface area (Å²) < 4.78 is 7.37. The van der Waals surface area contributed by atoms with Crippen LogP contribution in [-0.2, 0) is 4.74 Å². The number of anilines is 1. The molecular weight excluding hydrogens is 350 g/mol. The molecular formula is C19H22ClN5O. The first kappa shape index (κ1) is 17.3. The van der Waals surface area contributed by atoms with Crippen LogP contribution in [-0.4, -0.2) is 52.3 Å². The number of nitrogens with one attached hydrogen (secondary N) is 1. The van der Waals surface area contributed by atoms with Gasteiger partial charge in [0.2, 0.25) is 0 Å². The SMILES string of the molecule is Cc1cc2c(NCC(c3ccccc3Cl)N3CCOCC3)nccn2n1. The van der Waals surface area contributed by atoms with Crippen molar-refractivity contribution in [2.75, 3.05) is 38.2 Å². The van der Waals surface area contributed by atoms with E-state index in [2.05, 4.69) is 26.4 Å². The van der Waals surface area contributed by atoms with Crippen LogP contribution in [0.2, 0.25) is 5.02 Å². The van der Waals surface area contributed by atoms with Gasteiger partial charge in [0, 0.05) is 37.1 Å². The number of fused-ring (bicyclic) bond motifs is 1. The maximum atomic E-state index is 6.50. The van der Waals surface area contributed by atoms with Gasteiger partial charge in [-0.15, -0.1) is 0 Å². The van der Waals surface area contributed by atoms with E-state index in [-0.39, 0.29) is 6.04 Å². The maximum Gasteiger partial charge on any atom is 0.152 e. The van der Waals surface area contributed by atoms with Gasteiger partial charge in [-0.25, -0.2) is 9.50 Å². The molecule has 3 heterocycles. The highest BCUT2D eigenvalue weighted by atomic mass is 35.5. The number of morpholine rings is 1. The summed E-state index contributed by atoms with van der Waals surface area (Å²) in [6.45, 7) is 5.97. The molecule has 1 unspecified atom stereocenters. The summed E-state index contributed by atoms with van der Waals surface area (Å²) in [7, 11) is 0. The molecule has 6 nitrogen and oxygen atoms in total. The number of ether oxygens (including phenoxy) is 1. The van der Waals surface area contributed by atoms with Crippen LogP contribution in [0.25, 0.3) is 5.52 Å². The van der Waals surface area contributed by atoms with Crippen LogP contribution in [0.4, 0.5) is 5.82 Å². The van der Waals surface area contributed by atoms with Gasteiger partial charge in [0.15, 0.2) is 5.82 Å². The lowest BCUT2D eigenvalue weighted by Crippen LogP contribution is -2.41. The van der Waals surface area contributed by atoms with Crippen LogP contribution < -0.4 is 5.32 Å². The van der Waals surface area contributed by atoms with Gasteiger partial charge in [-0.3, -0.25) is 4.90 Å². The quantitative estimate of drug-likeness (QED) is 0.746. The van der Waals surface area contributed by atoms with Gasteiger partial charge in [-0.1, -0.05) is 29.8 Å². The molecule has 0 spiro atoms. The Morgan fingerprint density at radius 2 is 2.08 bits per heavy atom. The van der Waals surface area contributed by atoms with Gasteiger partial charge in [0.25, 0.3) is 0 Å². The number of hydrogen-bond donors (Lipinski definition) is 1. The van der Waals surface area contributed by atoms with Crippen LogP contribution in [0, 0.1) is 6.92 Å². The Kier molecular flexibility index (Phi) is 5.06. The fraction of sp³-hybridized carbons (Fsp3) is 0.368. The van der Waals surface area contributed by atoms with Crippen LogP contribution in [0.15, 0.2) is 42.7 Å². The second kappa shape index (κ2) is 7.61. The molecule has 1 atom stereocenters. The standard InChI is InChI=1S/C19H22ClN5O/c1-14-12-17-19(21-6-7-25(17)23-14)22-13-18(24-8-10-26-11-9-24)15-4-2-3-5-16(15)20/h2-7,12,18H,8-11,13H2,1H3,(H,21,22). The lowest BCUT2D eigenvalue weighted by Gasteiger charge is -2.35. The lowest BCUT2D eigenvalue weighted by atomic mass is 10.0. The van der Waals surface area contributed by atoms with E-state index >= 15 is 0 Å². The third-order valence-corrected chi connectivity index (χ3v) is 5.07. The summed E-state index contributed by atoms with van der Waals surface area (Å²) in [5.41, 5.74) is 3.07. The van der Waals surface area contributed by atoms with E-state index in [4.69, 9.17) is 16.3 Å². The molecule has 1 saturated heterocycles. The molecule has 0 bridgehead atoms. The molecule has 26 heavy (non-hydrogen) atoms. The molecule has 0 aliphatic carbocycles. The van der Waals surface area contributed by atoms with Crippen molar-refractivity contribution in [1.82, 2.24) is 19.5 Å². The maximum absolute atomic E-state index is 6.50. The van der Waals surface area contributed by atoms with Crippen molar-refractivity contribution < 1.29 is 4.74 Å². The zero-order chi connectivity index (χ0) is 17.9. The molecule has 0 amide bonds. The minimum absolute atomic E-state index is 0.152. The highest BCUT2D eigenvalue weighted by Crippen LogP contribution is 2.29. The number of hydrogen-bond acceptors (Lipinski definition) is 5. The lowest BCUT2D eigenvalue weighted by molar-refractivity contribution is 0.0187. The molecule has 2 aromatic heterocycles. The Labute approximate surface area is 157 Å². The van der Waals surface area contributed by atoms with Gasteiger partial charge >= 0.3 is 0 Å². The van der Waals surface area contributed by atoms with Gasteiger partial charge in [-0.05, 0) is 24.6 Å². The molecule has 3 aromatic rings. The number of aromatic nitrogens is 3. The molecule has 4 rings (SSSR count). The number of benzene rings is 1. The van der Waals surface area contributed by atoms with Gasteiger partial charge in [-0.2, -0.15) is 5.10 Å². The predicted octanol–water partition coefficient (Wildman–Crippen LogP) is 3.18. The first-order valence-electron chi connectivity index (χ1n) is 8.83. The minimum Gasteiger partial charge on any atom is -0.379 e. The zero-order valence-corrected chi connectivity index (χ0v) is 15.5. The van der Waals surface area contributed by atoms with Crippen molar-refractivity contribution in [3.05, 3.63) is 59.0 Å². The van der Waals surface area contributed by atoms with E-state index in [1.54, 1.807) is 6.20 Å². The average Bonchev–Trinajstić information content (AvgIpc) is 3.05. The van der Waals surface area contributed by atoms with E-state index in [9.17, 15) is 0 Å². The molecule has 1 N–H and O–H groups in total. The van der Waals surface area contributed by atoms with Gasteiger partial charge < -0.3 is 10.1 Å². The Hall–Kier alpha value is -2.15. The molecule has 7 heteroatoms. The highest BCUT2D eigenvalue weighted by Gasteiger charge is 2.24. The van der Waals surface area contributed by atoms with Gasteiger partial charge in [0.1, 0.15) is 5.52 Å². The fourth-order valence-corrected chi connectivity index (χ4v) is 3.71. The smallest absolute Gasteiger partial charge is 0.152 e. The first-order chi connectivity index (χ1) is 12.7. The van der Waals surface area contributed by atoms with Crippen molar-refractivity contribution in [3.8, 4) is 0 Å². The number of halogens is 1. The van der Waals surface area contributed by atoms with Gasteiger partial charge in [0.05, 0.1) is 24.9 Å². The molecule has 1 aliphatic heterocycles. The van der Waals surface area contributed by atoms with E-state index in [0.29, 0.717) is 6.54 Å². The molecule has 1 aliphatic rings. The van der Waals surface area contributed by atoms with Crippen molar-refractivity contribution in [1.29, 1.82) is 0 Å². The Morgan fingerprint density at radius 3 is 2.88 bits per heavy atom.